The second-order valence-electron chi connectivity index (χ2n) is 6.53. The van der Waals surface area contributed by atoms with Crippen molar-refractivity contribution >= 4 is 17.4 Å². The fraction of sp³-hybridized carbons (Fsp3) is 0.444. The Morgan fingerprint density at radius 2 is 2.00 bits per heavy atom. The predicted octanol–water partition coefficient (Wildman–Crippen LogP) is 4.01. The number of urea groups is 1. The SMILES string of the molecule is Cc1ncc(CNC(=O)NC(C)CC(C)(C)c2ccccc2)s1. The summed E-state index contributed by atoms with van der Waals surface area (Å²) in [4.78, 5) is 17.3. The van der Waals surface area contributed by atoms with E-state index in [9.17, 15) is 4.79 Å². The summed E-state index contributed by atoms with van der Waals surface area (Å²) >= 11 is 1.60. The summed E-state index contributed by atoms with van der Waals surface area (Å²) in [5.74, 6) is 0. The van der Waals surface area contributed by atoms with Gasteiger partial charge in [-0.1, -0.05) is 44.2 Å². The van der Waals surface area contributed by atoms with Gasteiger partial charge in [0.1, 0.15) is 0 Å². The maximum atomic E-state index is 12.0. The lowest BCUT2D eigenvalue weighted by molar-refractivity contribution is 0.234. The van der Waals surface area contributed by atoms with E-state index in [4.69, 9.17) is 0 Å². The van der Waals surface area contributed by atoms with Crippen molar-refractivity contribution in [2.24, 2.45) is 0 Å². The maximum Gasteiger partial charge on any atom is 0.315 e. The number of carbonyl (C=O) groups excluding carboxylic acids is 1. The van der Waals surface area contributed by atoms with Crippen LogP contribution in [0, 0.1) is 6.92 Å². The van der Waals surface area contributed by atoms with Crippen LogP contribution < -0.4 is 10.6 Å². The molecule has 0 bridgehead atoms. The third-order valence-corrected chi connectivity index (χ3v) is 4.75. The van der Waals surface area contributed by atoms with Crippen molar-refractivity contribution in [2.45, 2.75) is 52.1 Å². The first kappa shape index (κ1) is 17.5. The summed E-state index contributed by atoms with van der Waals surface area (Å²) in [5.41, 5.74) is 1.30. The summed E-state index contributed by atoms with van der Waals surface area (Å²) in [6.07, 6.45) is 2.69. The molecule has 0 radical (unpaired) electrons. The molecule has 1 aromatic heterocycles. The molecule has 1 atom stereocenters. The van der Waals surface area contributed by atoms with E-state index < -0.39 is 0 Å². The number of rotatable bonds is 6. The van der Waals surface area contributed by atoms with Crippen LogP contribution in [0.1, 0.15) is 42.6 Å². The number of aromatic nitrogens is 1. The van der Waals surface area contributed by atoms with E-state index in [1.54, 1.807) is 11.3 Å². The molecule has 0 spiro atoms. The number of hydrogen-bond acceptors (Lipinski definition) is 3. The lowest BCUT2D eigenvalue weighted by Crippen LogP contribution is -2.42. The van der Waals surface area contributed by atoms with Crippen molar-refractivity contribution in [3.05, 3.63) is 52.0 Å². The Hall–Kier alpha value is -1.88. The van der Waals surface area contributed by atoms with Gasteiger partial charge in [-0.15, -0.1) is 11.3 Å². The average Bonchev–Trinajstić information content (AvgIpc) is 2.91. The molecule has 0 aliphatic rings. The number of carbonyl (C=O) groups is 1. The highest BCUT2D eigenvalue weighted by Crippen LogP contribution is 2.28. The van der Waals surface area contributed by atoms with E-state index in [0.29, 0.717) is 6.54 Å². The van der Waals surface area contributed by atoms with Gasteiger partial charge in [-0.2, -0.15) is 0 Å². The number of amides is 2. The fourth-order valence-electron chi connectivity index (χ4n) is 2.75. The Balaban J connectivity index is 1.81. The monoisotopic (exact) mass is 331 g/mol. The van der Waals surface area contributed by atoms with Gasteiger partial charge in [0.25, 0.3) is 0 Å². The molecule has 1 unspecified atom stereocenters. The largest absolute Gasteiger partial charge is 0.336 e. The Morgan fingerprint density at radius 3 is 2.61 bits per heavy atom. The van der Waals surface area contributed by atoms with E-state index in [0.717, 1.165) is 16.3 Å². The third kappa shape index (κ3) is 5.36. The zero-order valence-corrected chi connectivity index (χ0v) is 15.0. The molecule has 0 saturated carbocycles. The smallest absolute Gasteiger partial charge is 0.315 e. The van der Waals surface area contributed by atoms with Crippen LogP contribution in [0.3, 0.4) is 0 Å². The molecule has 0 saturated heterocycles. The number of thiazole rings is 1. The van der Waals surface area contributed by atoms with Crippen molar-refractivity contribution in [1.82, 2.24) is 15.6 Å². The number of nitrogens with zero attached hydrogens (tertiary/aromatic N) is 1. The molecule has 2 rings (SSSR count). The second-order valence-corrected chi connectivity index (χ2v) is 7.85. The van der Waals surface area contributed by atoms with Crippen LogP contribution in [0.15, 0.2) is 36.5 Å². The van der Waals surface area contributed by atoms with Crippen molar-refractivity contribution in [3.8, 4) is 0 Å². The van der Waals surface area contributed by atoms with Gasteiger partial charge in [0.15, 0.2) is 0 Å². The highest BCUT2D eigenvalue weighted by molar-refractivity contribution is 7.11. The molecule has 4 nitrogen and oxygen atoms in total. The van der Waals surface area contributed by atoms with Crippen LogP contribution in [-0.2, 0) is 12.0 Å². The molecule has 1 aromatic carbocycles. The van der Waals surface area contributed by atoms with Gasteiger partial charge in [0, 0.05) is 17.1 Å². The van der Waals surface area contributed by atoms with Gasteiger partial charge in [0.05, 0.1) is 11.6 Å². The van der Waals surface area contributed by atoms with Crippen LogP contribution >= 0.6 is 11.3 Å². The van der Waals surface area contributed by atoms with Crippen molar-refractivity contribution in [1.29, 1.82) is 0 Å². The van der Waals surface area contributed by atoms with Gasteiger partial charge < -0.3 is 10.6 Å². The Kier molecular flexibility index (Phi) is 5.77. The van der Waals surface area contributed by atoms with Crippen molar-refractivity contribution in [3.63, 3.8) is 0 Å². The standard InChI is InChI=1S/C18H25N3OS/c1-13(10-18(3,4)15-8-6-5-7-9-15)21-17(22)20-12-16-11-19-14(2)23-16/h5-9,11,13H,10,12H2,1-4H3,(H2,20,21,22). The van der Waals surface area contributed by atoms with E-state index in [2.05, 4.69) is 53.7 Å². The van der Waals surface area contributed by atoms with E-state index in [1.165, 1.54) is 5.56 Å². The van der Waals surface area contributed by atoms with Gasteiger partial charge in [-0.05, 0) is 31.2 Å². The molecule has 124 valence electrons. The predicted molar refractivity (Wildman–Crippen MR) is 95.8 cm³/mol. The Bertz CT molecular complexity index is 637. The quantitative estimate of drug-likeness (QED) is 0.840. The molecule has 2 N–H and O–H groups in total. The van der Waals surface area contributed by atoms with Gasteiger partial charge >= 0.3 is 6.03 Å². The maximum absolute atomic E-state index is 12.0. The molecule has 5 heteroatoms. The first-order chi connectivity index (χ1) is 10.9. The fourth-order valence-corrected chi connectivity index (χ4v) is 3.49. The van der Waals surface area contributed by atoms with Gasteiger partial charge in [-0.25, -0.2) is 9.78 Å². The van der Waals surface area contributed by atoms with Crippen molar-refractivity contribution < 1.29 is 4.79 Å². The summed E-state index contributed by atoms with van der Waals surface area (Å²) in [7, 11) is 0. The van der Waals surface area contributed by atoms with Crippen LogP contribution in [0.4, 0.5) is 4.79 Å². The molecular formula is C18H25N3OS. The molecule has 23 heavy (non-hydrogen) atoms. The number of hydrogen-bond donors (Lipinski definition) is 2. The molecule has 0 aliphatic heterocycles. The molecule has 0 aliphatic carbocycles. The minimum absolute atomic E-state index is 0.0166. The zero-order chi connectivity index (χ0) is 16.9. The average molecular weight is 331 g/mol. The summed E-state index contributed by atoms with van der Waals surface area (Å²) in [6.45, 7) is 8.94. The minimum Gasteiger partial charge on any atom is -0.336 e. The number of nitrogens with one attached hydrogen (secondary N) is 2. The van der Waals surface area contributed by atoms with Crippen LogP contribution in [-0.4, -0.2) is 17.1 Å². The number of benzene rings is 1. The third-order valence-electron chi connectivity index (χ3n) is 3.84. The summed E-state index contributed by atoms with van der Waals surface area (Å²) in [6, 6.07) is 10.4. The summed E-state index contributed by atoms with van der Waals surface area (Å²) < 4.78 is 0. The van der Waals surface area contributed by atoms with Gasteiger partial charge in [0.2, 0.25) is 0 Å². The summed E-state index contributed by atoms with van der Waals surface area (Å²) in [5, 5.41) is 6.92. The number of aryl methyl sites for hydroxylation is 1. The van der Waals surface area contributed by atoms with Crippen LogP contribution in [0.25, 0.3) is 0 Å². The van der Waals surface area contributed by atoms with E-state index >= 15 is 0 Å². The molecule has 2 amide bonds. The minimum atomic E-state index is -0.132. The molecular weight excluding hydrogens is 306 g/mol. The van der Waals surface area contributed by atoms with Crippen LogP contribution in [0.2, 0.25) is 0 Å². The van der Waals surface area contributed by atoms with E-state index in [1.807, 2.05) is 26.1 Å². The highest BCUT2D eigenvalue weighted by atomic mass is 32.1. The lowest BCUT2D eigenvalue weighted by atomic mass is 9.79. The van der Waals surface area contributed by atoms with Crippen LogP contribution in [0.5, 0.6) is 0 Å². The molecule has 2 aromatic rings. The molecule has 0 fully saturated rings. The molecule has 1 heterocycles. The highest BCUT2D eigenvalue weighted by Gasteiger charge is 2.23. The Labute approximate surface area is 142 Å². The normalized spacial score (nSPS) is 12.7. The lowest BCUT2D eigenvalue weighted by Gasteiger charge is -2.29. The first-order valence-corrected chi connectivity index (χ1v) is 8.69. The zero-order valence-electron chi connectivity index (χ0n) is 14.2. The first-order valence-electron chi connectivity index (χ1n) is 7.88. The van der Waals surface area contributed by atoms with Crippen molar-refractivity contribution in [2.75, 3.05) is 0 Å². The topological polar surface area (TPSA) is 54.0 Å². The second kappa shape index (κ2) is 7.59. The van der Waals surface area contributed by atoms with E-state index in [-0.39, 0.29) is 17.5 Å². The Morgan fingerprint density at radius 1 is 1.30 bits per heavy atom. The van der Waals surface area contributed by atoms with Gasteiger partial charge in [-0.3, -0.25) is 0 Å².